The Morgan fingerprint density at radius 1 is 1.05 bits per heavy atom. The minimum absolute atomic E-state index is 0.103. The third kappa shape index (κ3) is 3.45. The van der Waals surface area contributed by atoms with Gasteiger partial charge in [0.15, 0.2) is 5.78 Å². The van der Waals surface area contributed by atoms with Gasteiger partial charge in [-0.2, -0.15) is 0 Å². The van der Waals surface area contributed by atoms with Gasteiger partial charge < -0.3 is 4.74 Å². The molecule has 3 nitrogen and oxygen atoms in total. The monoisotopic (exact) mass is 288 g/mol. The average molecular weight is 289 g/mol. The number of hydrogen-bond donors (Lipinski definition) is 0. The molecule has 20 heavy (non-hydrogen) atoms. The van der Waals surface area contributed by atoms with Crippen molar-refractivity contribution in [2.24, 2.45) is 0 Å². The van der Waals surface area contributed by atoms with Crippen LogP contribution in [-0.4, -0.2) is 18.9 Å². The molecule has 0 saturated heterocycles. The summed E-state index contributed by atoms with van der Waals surface area (Å²) >= 11 is 5.80. The first-order chi connectivity index (χ1) is 9.60. The summed E-state index contributed by atoms with van der Waals surface area (Å²) in [6, 6.07) is 13.7. The van der Waals surface area contributed by atoms with Crippen LogP contribution in [0.2, 0.25) is 5.02 Å². The van der Waals surface area contributed by atoms with E-state index in [9.17, 15) is 9.59 Å². The van der Waals surface area contributed by atoms with Gasteiger partial charge in [-0.3, -0.25) is 9.59 Å². The van der Waals surface area contributed by atoms with Crippen molar-refractivity contribution in [3.05, 3.63) is 70.2 Å². The molecule has 0 atom stereocenters. The number of hydrogen-bond acceptors (Lipinski definition) is 3. The maximum atomic E-state index is 12.3. The number of rotatable bonds is 4. The predicted molar refractivity (Wildman–Crippen MR) is 77.0 cm³/mol. The average Bonchev–Trinajstić information content (AvgIpc) is 2.47. The largest absolute Gasteiger partial charge is 0.469 e. The zero-order chi connectivity index (χ0) is 14.5. The Balaban J connectivity index is 2.24. The second-order valence-corrected chi connectivity index (χ2v) is 4.73. The summed E-state index contributed by atoms with van der Waals surface area (Å²) in [4.78, 5) is 23.6. The molecular formula is C16H13ClO3. The second-order valence-electron chi connectivity index (χ2n) is 4.29. The topological polar surface area (TPSA) is 43.4 Å². The van der Waals surface area contributed by atoms with Crippen LogP contribution in [-0.2, 0) is 16.0 Å². The first-order valence-corrected chi connectivity index (χ1v) is 6.44. The van der Waals surface area contributed by atoms with Crippen LogP contribution in [0.25, 0.3) is 0 Å². The Morgan fingerprint density at radius 3 is 2.40 bits per heavy atom. The van der Waals surface area contributed by atoms with E-state index in [2.05, 4.69) is 4.74 Å². The van der Waals surface area contributed by atoms with Crippen LogP contribution >= 0.6 is 11.6 Å². The maximum Gasteiger partial charge on any atom is 0.309 e. The molecule has 0 aromatic heterocycles. The second kappa shape index (κ2) is 6.35. The molecule has 2 rings (SSSR count). The number of carbonyl (C=O) groups excluding carboxylic acids is 2. The van der Waals surface area contributed by atoms with E-state index in [0.29, 0.717) is 16.1 Å². The number of methoxy groups -OCH3 is 1. The highest BCUT2D eigenvalue weighted by molar-refractivity contribution is 6.30. The number of carbonyl (C=O) groups is 2. The summed E-state index contributed by atoms with van der Waals surface area (Å²) in [5.41, 5.74) is 1.84. The van der Waals surface area contributed by atoms with E-state index >= 15 is 0 Å². The smallest absolute Gasteiger partial charge is 0.309 e. The number of esters is 1. The van der Waals surface area contributed by atoms with Crippen molar-refractivity contribution < 1.29 is 14.3 Å². The van der Waals surface area contributed by atoms with Crippen LogP contribution in [0.3, 0.4) is 0 Å². The molecular weight excluding hydrogens is 276 g/mol. The molecule has 0 aliphatic heterocycles. The van der Waals surface area contributed by atoms with Crippen molar-refractivity contribution in [2.45, 2.75) is 6.42 Å². The molecule has 0 radical (unpaired) electrons. The van der Waals surface area contributed by atoms with E-state index in [0.717, 1.165) is 5.56 Å². The van der Waals surface area contributed by atoms with Crippen LogP contribution in [0.4, 0.5) is 0 Å². The number of ketones is 1. The van der Waals surface area contributed by atoms with Crippen LogP contribution < -0.4 is 0 Å². The fraction of sp³-hybridized carbons (Fsp3) is 0.125. The van der Waals surface area contributed by atoms with Gasteiger partial charge in [0.05, 0.1) is 13.5 Å². The molecule has 0 saturated carbocycles. The number of benzene rings is 2. The molecule has 0 unspecified atom stereocenters. The highest BCUT2D eigenvalue weighted by Gasteiger charge is 2.10. The van der Waals surface area contributed by atoms with Crippen LogP contribution in [0, 0.1) is 0 Å². The minimum Gasteiger partial charge on any atom is -0.469 e. The van der Waals surface area contributed by atoms with Crippen LogP contribution in [0.5, 0.6) is 0 Å². The van der Waals surface area contributed by atoms with E-state index in [4.69, 9.17) is 11.6 Å². The standard InChI is InChI=1S/C16H13ClO3/c1-20-15(18)10-11-3-2-4-13(9-11)16(19)12-5-7-14(17)8-6-12/h2-9H,10H2,1H3. The third-order valence-corrected chi connectivity index (χ3v) is 3.12. The highest BCUT2D eigenvalue weighted by Crippen LogP contribution is 2.15. The lowest BCUT2D eigenvalue weighted by Crippen LogP contribution is -2.06. The molecule has 102 valence electrons. The molecule has 0 amide bonds. The normalized spacial score (nSPS) is 10.1. The zero-order valence-corrected chi connectivity index (χ0v) is 11.7. The van der Waals surface area contributed by atoms with Gasteiger partial charge in [-0.15, -0.1) is 0 Å². The van der Waals surface area contributed by atoms with Gasteiger partial charge in [-0.05, 0) is 35.9 Å². The number of ether oxygens (including phenoxy) is 1. The highest BCUT2D eigenvalue weighted by atomic mass is 35.5. The van der Waals surface area contributed by atoms with Crippen molar-refractivity contribution in [3.8, 4) is 0 Å². The molecule has 2 aromatic rings. The summed E-state index contributed by atoms with van der Waals surface area (Å²) < 4.78 is 4.61. The van der Waals surface area contributed by atoms with E-state index in [1.807, 2.05) is 0 Å². The van der Waals surface area contributed by atoms with Crippen molar-refractivity contribution >= 4 is 23.4 Å². The molecule has 2 aromatic carbocycles. The summed E-state index contributed by atoms with van der Waals surface area (Å²) in [5.74, 6) is -0.436. The molecule has 4 heteroatoms. The SMILES string of the molecule is COC(=O)Cc1cccc(C(=O)c2ccc(Cl)cc2)c1. The first kappa shape index (κ1) is 14.3. The Hall–Kier alpha value is -2.13. The summed E-state index contributed by atoms with van der Waals surface area (Å²) in [6.45, 7) is 0. The van der Waals surface area contributed by atoms with Gasteiger partial charge in [-0.1, -0.05) is 29.8 Å². The van der Waals surface area contributed by atoms with E-state index in [1.165, 1.54) is 7.11 Å². The first-order valence-electron chi connectivity index (χ1n) is 6.06. The van der Waals surface area contributed by atoms with Crippen LogP contribution in [0.15, 0.2) is 48.5 Å². The van der Waals surface area contributed by atoms with Gasteiger partial charge in [0, 0.05) is 16.1 Å². The Kier molecular flexibility index (Phi) is 4.53. The van der Waals surface area contributed by atoms with Gasteiger partial charge in [0.25, 0.3) is 0 Å². The molecule has 0 heterocycles. The lowest BCUT2D eigenvalue weighted by atomic mass is 10.0. The quantitative estimate of drug-likeness (QED) is 0.640. The lowest BCUT2D eigenvalue weighted by Gasteiger charge is -2.04. The van der Waals surface area contributed by atoms with Crippen molar-refractivity contribution in [2.75, 3.05) is 7.11 Å². The molecule has 0 aliphatic carbocycles. The van der Waals surface area contributed by atoms with E-state index in [-0.39, 0.29) is 18.2 Å². The van der Waals surface area contributed by atoms with Gasteiger partial charge in [0.2, 0.25) is 0 Å². The van der Waals surface area contributed by atoms with E-state index < -0.39 is 0 Å². The van der Waals surface area contributed by atoms with Gasteiger partial charge in [0.1, 0.15) is 0 Å². The maximum absolute atomic E-state index is 12.3. The number of halogens is 1. The Labute approximate surface area is 122 Å². The molecule has 0 spiro atoms. The summed E-state index contributed by atoms with van der Waals surface area (Å²) in [5, 5.41) is 0.584. The zero-order valence-electron chi connectivity index (χ0n) is 10.9. The lowest BCUT2D eigenvalue weighted by molar-refractivity contribution is -0.139. The van der Waals surface area contributed by atoms with Crippen molar-refractivity contribution in [3.63, 3.8) is 0 Å². The van der Waals surface area contributed by atoms with Crippen LogP contribution in [0.1, 0.15) is 21.5 Å². The predicted octanol–water partition coefficient (Wildman–Crippen LogP) is 3.29. The fourth-order valence-corrected chi connectivity index (χ4v) is 1.96. The molecule has 0 bridgehead atoms. The van der Waals surface area contributed by atoms with Crippen molar-refractivity contribution in [1.29, 1.82) is 0 Å². The molecule has 0 aliphatic rings. The summed E-state index contributed by atoms with van der Waals surface area (Å²) in [7, 11) is 1.34. The third-order valence-electron chi connectivity index (χ3n) is 2.87. The molecule has 0 N–H and O–H groups in total. The van der Waals surface area contributed by atoms with Gasteiger partial charge >= 0.3 is 5.97 Å². The van der Waals surface area contributed by atoms with E-state index in [1.54, 1.807) is 48.5 Å². The van der Waals surface area contributed by atoms with Crippen molar-refractivity contribution in [1.82, 2.24) is 0 Å². The fourth-order valence-electron chi connectivity index (χ4n) is 1.83. The Morgan fingerprint density at radius 2 is 1.75 bits per heavy atom. The minimum atomic E-state index is -0.332. The Bertz CT molecular complexity index is 632. The van der Waals surface area contributed by atoms with Gasteiger partial charge in [-0.25, -0.2) is 0 Å². The molecule has 0 fully saturated rings. The summed E-state index contributed by atoms with van der Waals surface area (Å²) in [6.07, 6.45) is 0.151.